The van der Waals surface area contributed by atoms with E-state index in [4.69, 9.17) is 5.73 Å². The number of carbonyl (C=O) groups is 1. The Morgan fingerprint density at radius 3 is 2.73 bits per heavy atom. The zero-order valence-corrected chi connectivity index (χ0v) is 17.2. The molecular weight excluding hydrogens is 396 g/mol. The number of piperidine rings is 1. The van der Waals surface area contributed by atoms with Gasteiger partial charge < -0.3 is 10.6 Å². The van der Waals surface area contributed by atoms with E-state index in [2.05, 4.69) is 18.8 Å². The molecule has 4 nitrogen and oxygen atoms in total. The molecule has 0 spiro atoms. The van der Waals surface area contributed by atoms with Gasteiger partial charge in [0.25, 0.3) is 5.91 Å². The highest BCUT2D eigenvalue weighted by molar-refractivity contribution is 7.09. The molecule has 1 unspecified atom stereocenters. The van der Waals surface area contributed by atoms with Crippen molar-refractivity contribution in [1.82, 2.24) is 9.88 Å². The van der Waals surface area contributed by atoms with Crippen molar-refractivity contribution in [1.29, 1.82) is 0 Å². The number of thiazole rings is 1. The van der Waals surface area contributed by atoms with E-state index in [1.165, 1.54) is 17.4 Å². The molecule has 0 aliphatic carbocycles. The van der Waals surface area contributed by atoms with Crippen LogP contribution in [0.2, 0.25) is 0 Å². The number of nitrogens with two attached hydrogens (primary N) is 1. The van der Waals surface area contributed by atoms with Gasteiger partial charge >= 0.3 is 0 Å². The lowest BCUT2D eigenvalue weighted by Crippen LogP contribution is -2.54. The lowest BCUT2D eigenvalue weighted by molar-refractivity contribution is 0.0528. The molecule has 0 saturated carbocycles. The predicted octanol–water partition coefficient (Wildman–Crippen LogP) is 3.92. The maximum absolute atomic E-state index is 13.7. The van der Waals surface area contributed by atoms with E-state index in [-0.39, 0.29) is 48.0 Å². The molecule has 1 aromatic heterocycles. The lowest BCUT2D eigenvalue weighted by Gasteiger charge is -2.42. The van der Waals surface area contributed by atoms with Crippen molar-refractivity contribution in [3.8, 4) is 0 Å². The van der Waals surface area contributed by atoms with Gasteiger partial charge in [0.05, 0.1) is 5.01 Å². The van der Waals surface area contributed by atoms with Gasteiger partial charge in [-0.3, -0.25) is 4.79 Å². The van der Waals surface area contributed by atoms with Crippen molar-refractivity contribution in [3.05, 3.63) is 51.7 Å². The second kappa shape index (κ2) is 9.13. The SMILES string of the molecule is CC1(C)CN(C(=O)c2csc(Cc3ccccc3F)n2)CCC1N.Cl.Cl. The van der Waals surface area contributed by atoms with Crippen molar-refractivity contribution in [2.24, 2.45) is 11.1 Å². The predicted molar refractivity (Wildman–Crippen MR) is 108 cm³/mol. The van der Waals surface area contributed by atoms with Gasteiger partial charge in [0, 0.05) is 30.9 Å². The average Bonchev–Trinajstić information content (AvgIpc) is 3.00. The number of aromatic nitrogens is 1. The summed E-state index contributed by atoms with van der Waals surface area (Å²) in [5, 5.41) is 2.51. The van der Waals surface area contributed by atoms with Crippen LogP contribution >= 0.6 is 36.2 Å². The zero-order valence-electron chi connectivity index (χ0n) is 14.8. The molecule has 3 rings (SSSR count). The van der Waals surface area contributed by atoms with Gasteiger partial charge in [0.1, 0.15) is 11.5 Å². The van der Waals surface area contributed by atoms with Crippen molar-refractivity contribution in [2.75, 3.05) is 13.1 Å². The van der Waals surface area contributed by atoms with E-state index in [0.29, 0.717) is 30.8 Å². The lowest BCUT2D eigenvalue weighted by atomic mass is 9.79. The molecule has 1 aromatic carbocycles. The highest BCUT2D eigenvalue weighted by atomic mass is 35.5. The summed E-state index contributed by atoms with van der Waals surface area (Å²) in [4.78, 5) is 18.9. The van der Waals surface area contributed by atoms with Crippen molar-refractivity contribution in [3.63, 3.8) is 0 Å². The third-order valence-electron chi connectivity index (χ3n) is 4.67. The molecule has 2 N–H and O–H groups in total. The molecule has 2 aromatic rings. The Hall–Kier alpha value is -1.21. The van der Waals surface area contributed by atoms with Gasteiger partial charge in [-0.15, -0.1) is 36.2 Å². The Morgan fingerprint density at radius 2 is 2.08 bits per heavy atom. The summed E-state index contributed by atoms with van der Waals surface area (Å²) in [6.07, 6.45) is 1.20. The minimum atomic E-state index is -0.243. The van der Waals surface area contributed by atoms with E-state index >= 15 is 0 Å². The van der Waals surface area contributed by atoms with Crippen LogP contribution in [0.1, 0.15) is 41.3 Å². The first-order valence-corrected chi connectivity index (χ1v) is 8.97. The molecular formula is C18H24Cl2FN3OS. The molecule has 1 amide bonds. The summed E-state index contributed by atoms with van der Waals surface area (Å²) >= 11 is 1.40. The molecule has 144 valence electrons. The van der Waals surface area contributed by atoms with Crippen LogP contribution in [0.25, 0.3) is 0 Å². The van der Waals surface area contributed by atoms with Gasteiger partial charge in [-0.1, -0.05) is 32.0 Å². The van der Waals surface area contributed by atoms with E-state index in [1.54, 1.807) is 23.6 Å². The smallest absolute Gasteiger partial charge is 0.273 e. The van der Waals surface area contributed by atoms with Crippen LogP contribution in [0.5, 0.6) is 0 Å². The van der Waals surface area contributed by atoms with Crippen LogP contribution in [-0.2, 0) is 6.42 Å². The number of likely N-dealkylation sites (tertiary alicyclic amines) is 1. The van der Waals surface area contributed by atoms with E-state index in [9.17, 15) is 9.18 Å². The van der Waals surface area contributed by atoms with E-state index < -0.39 is 0 Å². The monoisotopic (exact) mass is 419 g/mol. The molecule has 26 heavy (non-hydrogen) atoms. The fourth-order valence-electron chi connectivity index (χ4n) is 3.00. The molecule has 0 bridgehead atoms. The highest BCUT2D eigenvalue weighted by Crippen LogP contribution is 2.29. The fraction of sp³-hybridized carbons (Fsp3) is 0.444. The minimum Gasteiger partial charge on any atom is -0.337 e. The number of halogens is 3. The van der Waals surface area contributed by atoms with Crippen molar-refractivity contribution in [2.45, 2.75) is 32.7 Å². The van der Waals surface area contributed by atoms with Crippen molar-refractivity contribution < 1.29 is 9.18 Å². The normalized spacial score (nSPS) is 18.6. The first kappa shape index (κ1) is 22.8. The molecule has 1 aliphatic rings. The number of rotatable bonds is 3. The van der Waals surface area contributed by atoms with E-state index in [1.807, 2.05) is 4.90 Å². The molecule has 1 fully saturated rings. The minimum absolute atomic E-state index is 0. The first-order chi connectivity index (χ1) is 11.4. The molecule has 8 heteroatoms. The molecule has 1 saturated heterocycles. The average molecular weight is 420 g/mol. The summed E-state index contributed by atoms with van der Waals surface area (Å²) in [6.45, 7) is 5.46. The summed E-state index contributed by atoms with van der Waals surface area (Å²) in [6, 6.07) is 6.75. The largest absolute Gasteiger partial charge is 0.337 e. The summed E-state index contributed by atoms with van der Waals surface area (Å²) in [5.41, 5.74) is 7.07. The van der Waals surface area contributed by atoms with Crippen LogP contribution in [0, 0.1) is 11.2 Å². The number of benzene rings is 1. The molecule has 1 aliphatic heterocycles. The third kappa shape index (κ3) is 4.94. The Morgan fingerprint density at radius 1 is 1.38 bits per heavy atom. The maximum Gasteiger partial charge on any atom is 0.273 e. The van der Waals surface area contributed by atoms with Gasteiger partial charge in [0.2, 0.25) is 0 Å². The van der Waals surface area contributed by atoms with E-state index in [0.717, 1.165) is 11.4 Å². The number of amides is 1. The number of carbonyl (C=O) groups excluding carboxylic acids is 1. The first-order valence-electron chi connectivity index (χ1n) is 8.09. The highest BCUT2D eigenvalue weighted by Gasteiger charge is 2.36. The molecule has 0 radical (unpaired) electrons. The molecule has 1 atom stereocenters. The van der Waals surface area contributed by atoms with Crippen LogP contribution in [-0.4, -0.2) is 34.9 Å². The van der Waals surface area contributed by atoms with Gasteiger partial charge in [-0.2, -0.15) is 0 Å². The maximum atomic E-state index is 13.7. The quantitative estimate of drug-likeness (QED) is 0.819. The second-order valence-corrected chi connectivity index (χ2v) is 7.95. The fourth-order valence-corrected chi connectivity index (χ4v) is 3.80. The Labute approximate surface area is 169 Å². The number of nitrogens with zero attached hydrogens (tertiary/aromatic N) is 2. The number of hydrogen-bond donors (Lipinski definition) is 1. The number of hydrogen-bond acceptors (Lipinski definition) is 4. The van der Waals surface area contributed by atoms with Crippen LogP contribution in [0.3, 0.4) is 0 Å². The van der Waals surface area contributed by atoms with Gasteiger partial charge in [-0.25, -0.2) is 9.37 Å². The Kier molecular flexibility index (Phi) is 8.02. The second-order valence-electron chi connectivity index (χ2n) is 7.01. The van der Waals surface area contributed by atoms with Gasteiger partial charge in [-0.05, 0) is 23.5 Å². The standard InChI is InChI=1S/C18H22FN3OS.2ClH/c1-18(2)11-22(8-7-15(18)20)17(23)14-10-24-16(21-14)9-12-5-3-4-6-13(12)19;;/h3-6,10,15H,7-9,11,20H2,1-2H3;2*1H. The van der Waals surface area contributed by atoms with Crippen LogP contribution in [0.4, 0.5) is 4.39 Å². The topological polar surface area (TPSA) is 59.2 Å². The van der Waals surface area contributed by atoms with Gasteiger partial charge in [0.15, 0.2) is 0 Å². The third-order valence-corrected chi connectivity index (χ3v) is 5.52. The van der Waals surface area contributed by atoms with Crippen molar-refractivity contribution >= 4 is 42.1 Å². The molecule has 2 heterocycles. The summed E-state index contributed by atoms with van der Waals surface area (Å²) in [5.74, 6) is -0.307. The zero-order chi connectivity index (χ0) is 17.3. The summed E-state index contributed by atoms with van der Waals surface area (Å²) in [7, 11) is 0. The van der Waals surface area contributed by atoms with Crippen LogP contribution in [0.15, 0.2) is 29.6 Å². The van der Waals surface area contributed by atoms with Crippen LogP contribution < -0.4 is 5.73 Å². The Balaban J connectivity index is 0.00000169. The summed E-state index contributed by atoms with van der Waals surface area (Å²) < 4.78 is 13.7. The Bertz CT molecular complexity index is 754.